The van der Waals surface area contributed by atoms with Gasteiger partial charge in [0.15, 0.2) is 17.4 Å². The van der Waals surface area contributed by atoms with Gasteiger partial charge < -0.3 is 21.1 Å². The molecule has 23 heavy (non-hydrogen) atoms. The van der Waals surface area contributed by atoms with Crippen LogP contribution in [-0.2, 0) is 9.59 Å². The van der Waals surface area contributed by atoms with Crippen molar-refractivity contribution in [3.05, 3.63) is 23.8 Å². The van der Waals surface area contributed by atoms with Gasteiger partial charge in [-0.05, 0) is 5.92 Å². The summed E-state index contributed by atoms with van der Waals surface area (Å²) in [7, 11) is 1.20. The molecule has 0 unspecified atom stereocenters. The molecule has 4 N–H and O–H groups in total. The number of ether oxygens (including phenoxy) is 1. The third-order valence-electron chi connectivity index (χ3n) is 2.96. The highest BCUT2D eigenvalue weighted by Gasteiger charge is 2.18. The Hall–Kier alpha value is -1.93. The first-order chi connectivity index (χ1) is 10.3. The van der Waals surface area contributed by atoms with Gasteiger partial charge in [0, 0.05) is 12.1 Å². The number of carbonyl (C=O) groups excluding carboxylic acids is 2. The maximum atomic E-state index is 13.6. The average molecular weight is 352 g/mol. The van der Waals surface area contributed by atoms with Crippen LogP contribution in [0, 0.1) is 17.6 Å². The number of hydrogen-bond donors (Lipinski definition) is 3. The van der Waals surface area contributed by atoms with Gasteiger partial charge in [0.2, 0.25) is 11.8 Å². The third kappa shape index (κ3) is 5.99. The zero-order valence-electron chi connectivity index (χ0n) is 13.0. The van der Waals surface area contributed by atoms with E-state index in [4.69, 9.17) is 5.73 Å². The van der Waals surface area contributed by atoms with Crippen LogP contribution < -0.4 is 21.1 Å². The van der Waals surface area contributed by atoms with Crippen molar-refractivity contribution >= 4 is 29.9 Å². The lowest BCUT2D eigenvalue weighted by atomic mass is 10.1. The second kappa shape index (κ2) is 9.26. The topological polar surface area (TPSA) is 93.5 Å². The summed E-state index contributed by atoms with van der Waals surface area (Å²) < 4.78 is 31.7. The second-order valence-electron chi connectivity index (χ2n) is 5.00. The summed E-state index contributed by atoms with van der Waals surface area (Å²) in [5.41, 5.74) is 5.27. The first-order valence-electron chi connectivity index (χ1n) is 6.62. The van der Waals surface area contributed by atoms with E-state index in [0.29, 0.717) is 0 Å². The lowest BCUT2D eigenvalue weighted by Gasteiger charge is -2.15. The molecule has 0 aliphatic carbocycles. The number of rotatable bonds is 6. The van der Waals surface area contributed by atoms with Crippen molar-refractivity contribution in [2.75, 3.05) is 19.0 Å². The summed E-state index contributed by atoms with van der Waals surface area (Å²) >= 11 is 0. The molecule has 130 valence electrons. The third-order valence-corrected chi connectivity index (χ3v) is 2.96. The van der Waals surface area contributed by atoms with Crippen molar-refractivity contribution in [3.8, 4) is 5.75 Å². The average Bonchev–Trinajstić information content (AvgIpc) is 2.47. The minimum atomic E-state index is -0.850. The number of methoxy groups -OCH3 is 1. The molecular formula is C14H20ClF2N3O3. The molecule has 0 saturated heterocycles. The van der Waals surface area contributed by atoms with Gasteiger partial charge in [-0.15, -0.1) is 12.4 Å². The summed E-state index contributed by atoms with van der Waals surface area (Å²) in [5, 5.41) is 4.48. The van der Waals surface area contributed by atoms with Gasteiger partial charge in [0.25, 0.3) is 0 Å². The molecule has 0 aliphatic heterocycles. The van der Waals surface area contributed by atoms with Gasteiger partial charge in [-0.2, -0.15) is 0 Å². The number of halogens is 3. The van der Waals surface area contributed by atoms with Gasteiger partial charge in [0.05, 0.1) is 25.4 Å². The van der Waals surface area contributed by atoms with Crippen LogP contribution in [0.1, 0.15) is 13.8 Å². The van der Waals surface area contributed by atoms with E-state index in [1.165, 1.54) is 7.11 Å². The van der Waals surface area contributed by atoms with E-state index in [9.17, 15) is 18.4 Å². The maximum absolute atomic E-state index is 13.6. The Morgan fingerprint density at radius 1 is 1.26 bits per heavy atom. The van der Waals surface area contributed by atoms with E-state index >= 15 is 0 Å². The number of carbonyl (C=O) groups is 2. The number of amides is 2. The number of benzene rings is 1. The number of hydrogen-bond acceptors (Lipinski definition) is 4. The van der Waals surface area contributed by atoms with E-state index in [2.05, 4.69) is 15.4 Å². The zero-order chi connectivity index (χ0) is 16.9. The van der Waals surface area contributed by atoms with Crippen LogP contribution >= 0.6 is 12.4 Å². The quantitative estimate of drug-likeness (QED) is 0.722. The van der Waals surface area contributed by atoms with Crippen LogP contribution in [0.25, 0.3) is 0 Å². The Morgan fingerprint density at radius 2 is 1.87 bits per heavy atom. The molecular weight excluding hydrogens is 332 g/mol. The highest BCUT2D eigenvalue weighted by molar-refractivity contribution is 5.95. The normalized spacial score (nSPS) is 11.4. The van der Waals surface area contributed by atoms with Crippen LogP contribution in [0.2, 0.25) is 0 Å². The summed E-state index contributed by atoms with van der Waals surface area (Å²) in [5.74, 6) is -3.22. The summed E-state index contributed by atoms with van der Waals surface area (Å²) in [6.07, 6.45) is 0. The van der Waals surface area contributed by atoms with E-state index in [0.717, 1.165) is 12.1 Å². The van der Waals surface area contributed by atoms with Gasteiger partial charge >= 0.3 is 0 Å². The summed E-state index contributed by atoms with van der Waals surface area (Å²) in [4.78, 5) is 23.2. The fraction of sp³-hybridized carbons (Fsp3) is 0.429. The van der Waals surface area contributed by atoms with E-state index in [1.54, 1.807) is 13.8 Å². The Balaban J connectivity index is 0.00000484. The minimum Gasteiger partial charge on any atom is -0.494 e. The fourth-order valence-corrected chi connectivity index (χ4v) is 1.56. The molecule has 9 heteroatoms. The highest BCUT2D eigenvalue weighted by Crippen LogP contribution is 2.24. The summed E-state index contributed by atoms with van der Waals surface area (Å²) in [6, 6.07) is 0.870. The van der Waals surface area contributed by atoms with Gasteiger partial charge in [0.1, 0.15) is 0 Å². The number of anilines is 1. The second-order valence-corrected chi connectivity index (χ2v) is 5.00. The molecule has 1 atom stereocenters. The van der Waals surface area contributed by atoms with Crippen LogP contribution in [0.15, 0.2) is 12.1 Å². The first kappa shape index (κ1) is 21.1. The van der Waals surface area contributed by atoms with Crippen molar-refractivity contribution in [2.24, 2.45) is 11.7 Å². The lowest BCUT2D eigenvalue weighted by Crippen LogP contribution is -2.46. The smallest absolute Gasteiger partial charge is 0.243 e. The zero-order valence-corrected chi connectivity index (χ0v) is 13.8. The van der Waals surface area contributed by atoms with E-state index < -0.39 is 36.0 Å². The molecule has 0 fully saturated rings. The maximum Gasteiger partial charge on any atom is 0.243 e. The van der Waals surface area contributed by atoms with Crippen LogP contribution in [0.3, 0.4) is 0 Å². The molecule has 1 aromatic carbocycles. The van der Waals surface area contributed by atoms with Crippen LogP contribution in [0.4, 0.5) is 14.5 Å². The van der Waals surface area contributed by atoms with Crippen LogP contribution in [-0.4, -0.2) is 31.5 Å². The van der Waals surface area contributed by atoms with Crippen molar-refractivity contribution < 1.29 is 23.1 Å². The van der Waals surface area contributed by atoms with Gasteiger partial charge in [-0.3, -0.25) is 9.59 Å². The Bertz CT molecular complexity index is 570. The highest BCUT2D eigenvalue weighted by atomic mass is 35.5. The van der Waals surface area contributed by atoms with E-state index in [-0.39, 0.29) is 29.8 Å². The van der Waals surface area contributed by atoms with Crippen molar-refractivity contribution in [2.45, 2.75) is 19.9 Å². The molecule has 0 aliphatic rings. The molecule has 0 aromatic heterocycles. The largest absolute Gasteiger partial charge is 0.494 e. The lowest BCUT2D eigenvalue weighted by molar-refractivity contribution is -0.125. The molecule has 0 bridgehead atoms. The predicted octanol–water partition coefficient (Wildman–Crippen LogP) is 1.43. The monoisotopic (exact) mass is 351 g/mol. The molecule has 0 radical (unpaired) electrons. The first-order valence-corrected chi connectivity index (χ1v) is 6.62. The molecule has 0 saturated carbocycles. The molecule has 0 heterocycles. The van der Waals surface area contributed by atoms with Crippen molar-refractivity contribution in [1.82, 2.24) is 5.32 Å². The molecule has 0 spiro atoms. The Morgan fingerprint density at radius 3 is 2.39 bits per heavy atom. The Labute approximate surface area is 139 Å². The molecule has 1 rings (SSSR count). The Kier molecular flexibility index (Phi) is 8.49. The molecule has 2 amide bonds. The van der Waals surface area contributed by atoms with Crippen LogP contribution in [0.5, 0.6) is 5.75 Å². The molecule has 1 aromatic rings. The number of nitrogens with two attached hydrogens (primary N) is 1. The number of nitrogens with one attached hydrogen (secondary N) is 2. The van der Waals surface area contributed by atoms with Gasteiger partial charge in [-0.1, -0.05) is 13.8 Å². The van der Waals surface area contributed by atoms with Crippen molar-refractivity contribution in [3.63, 3.8) is 0 Å². The van der Waals surface area contributed by atoms with E-state index in [1.807, 2.05) is 0 Å². The molecule has 6 nitrogen and oxygen atoms in total. The minimum absolute atomic E-state index is 0. The fourth-order valence-electron chi connectivity index (χ4n) is 1.56. The standard InChI is InChI=1S/C14H19F2N3O3.ClH/c1-7(2)13(17)14(21)18-6-12(20)19-10-4-9(16)11(22-3)5-8(10)15;/h4-5,7,13H,6,17H2,1-3H3,(H,18,21)(H,19,20);1H/t13-;/m0./s1. The van der Waals surface area contributed by atoms with Crippen molar-refractivity contribution in [1.29, 1.82) is 0 Å². The summed E-state index contributed by atoms with van der Waals surface area (Å²) in [6.45, 7) is 3.13. The van der Waals surface area contributed by atoms with Gasteiger partial charge in [-0.25, -0.2) is 8.78 Å². The predicted molar refractivity (Wildman–Crippen MR) is 84.6 cm³/mol. The SMILES string of the molecule is COc1cc(F)c(NC(=O)CNC(=O)[C@@H](N)C(C)C)cc1F.Cl.